The van der Waals surface area contributed by atoms with Crippen molar-refractivity contribution in [2.75, 3.05) is 18.4 Å². The van der Waals surface area contributed by atoms with Gasteiger partial charge in [0.05, 0.1) is 6.54 Å². The van der Waals surface area contributed by atoms with Gasteiger partial charge in [0.2, 0.25) is 5.91 Å². The van der Waals surface area contributed by atoms with Crippen molar-refractivity contribution in [1.29, 1.82) is 0 Å². The van der Waals surface area contributed by atoms with Crippen LogP contribution < -0.4 is 27.2 Å². The van der Waals surface area contributed by atoms with Crippen LogP contribution in [0.2, 0.25) is 0 Å². The van der Waals surface area contributed by atoms with Crippen LogP contribution in [0.4, 0.5) is 18.9 Å². The van der Waals surface area contributed by atoms with Crippen LogP contribution in [0.15, 0.2) is 60.7 Å². The van der Waals surface area contributed by atoms with Crippen molar-refractivity contribution in [3.8, 4) is 11.1 Å². The van der Waals surface area contributed by atoms with Gasteiger partial charge in [0.1, 0.15) is 6.04 Å². The van der Waals surface area contributed by atoms with Crippen LogP contribution in [-0.2, 0) is 16.1 Å². The summed E-state index contributed by atoms with van der Waals surface area (Å²) in [6.45, 7) is -0.365. The van der Waals surface area contributed by atoms with E-state index in [1.54, 1.807) is 48.5 Å². The third-order valence-electron chi connectivity index (χ3n) is 5.28. The van der Waals surface area contributed by atoms with Crippen LogP contribution in [0, 0.1) is 17.5 Å². The fourth-order valence-corrected chi connectivity index (χ4v) is 3.35. The standard InChI is InChI=1S/C25H24F3N5O4/c26-19-9-14(10-20(27)23(19)28)12-30-13-22(34)31-18-7-5-16(6-8-18)15-1-3-17(4-2-15)24(35)32-21(11-29)25(36)33-37/h1-10,21,30,37H,11-13,29H2,(H,31,34)(H,32,35)(H,33,36)/t21-/m0/s1. The lowest BCUT2D eigenvalue weighted by atomic mass is 10.0. The number of hydroxylamine groups is 1. The Morgan fingerprint density at radius 2 is 1.46 bits per heavy atom. The second-order valence-electron chi connectivity index (χ2n) is 7.92. The van der Waals surface area contributed by atoms with Crippen molar-refractivity contribution in [2.45, 2.75) is 12.6 Å². The van der Waals surface area contributed by atoms with Crippen LogP contribution in [0.1, 0.15) is 15.9 Å². The van der Waals surface area contributed by atoms with E-state index in [4.69, 9.17) is 10.9 Å². The molecule has 0 spiro atoms. The van der Waals surface area contributed by atoms with Crippen LogP contribution in [0.25, 0.3) is 11.1 Å². The van der Waals surface area contributed by atoms with Crippen molar-refractivity contribution < 1.29 is 32.8 Å². The maximum Gasteiger partial charge on any atom is 0.267 e. The molecular formula is C25H24F3N5O4. The van der Waals surface area contributed by atoms with Crippen molar-refractivity contribution in [3.63, 3.8) is 0 Å². The highest BCUT2D eigenvalue weighted by Gasteiger charge is 2.19. The molecular weight excluding hydrogens is 491 g/mol. The number of rotatable bonds is 10. The number of benzene rings is 3. The van der Waals surface area contributed by atoms with E-state index in [1.807, 2.05) is 0 Å². The monoisotopic (exact) mass is 515 g/mol. The number of halogens is 3. The minimum Gasteiger partial charge on any atom is -0.339 e. The molecule has 0 aliphatic carbocycles. The van der Waals surface area contributed by atoms with Gasteiger partial charge in [0.25, 0.3) is 11.8 Å². The SMILES string of the molecule is NC[C@H](NC(=O)c1ccc(-c2ccc(NC(=O)CNCc3cc(F)c(F)c(F)c3)cc2)cc1)C(=O)NO. The van der Waals surface area contributed by atoms with Crippen molar-refractivity contribution in [1.82, 2.24) is 16.1 Å². The number of carbonyl (C=O) groups excluding carboxylic acids is 3. The van der Waals surface area contributed by atoms with E-state index in [1.165, 1.54) is 5.48 Å². The molecule has 0 radical (unpaired) electrons. The summed E-state index contributed by atoms with van der Waals surface area (Å²) in [4.78, 5) is 35.9. The van der Waals surface area contributed by atoms with E-state index in [-0.39, 0.29) is 30.8 Å². The lowest BCUT2D eigenvalue weighted by Gasteiger charge is -2.14. The summed E-state index contributed by atoms with van der Waals surface area (Å²) >= 11 is 0. The number of nitrogens with two attached hydrogens (primary N) is 1. The molecule has 194 valence electrons. The molecule has 0 heterocycles. The van der Waals surface area contributed by atoms with Gasteiger partial charge in [-0.2, -0.15) is 0 Å². The molecule has 0 fully saturated rings. The van der Waals surface area contributed by atoms with Gasteiger partial charge in [-0.1, -0.05) is 24.3 Å². The second kappa shape index (κ2) is 12.6. The fraction of sp³-hybridized carbons (Fsp3) is 0.160. The lowest BCUT2D eigenvalue weighted by Crippen LogP contribution is -2.50. The number of hydrogen-bond acceptors (Lipinski definition) is 6. The Hall–Kier alpha value is -4.26. The van der Waals surface area contributed by atoms with Gasteiger partial charge >= 0.3 is 0 Å². The number of anilines is 1. The third kappa shape index (κ3) is 7.36. The molecule has 0 bridgehead atoms. The molecule has 0 unspecified atom stereocenters. The Balaban J connectivity index is 1.52. The maximum absolute atomic E-state index is 13.3. The minimum atomic E-state index is -1.54. The summed E-state index contributed by atoms with van der Waals surface area (Å²) in [5, 5.41) is 16.5. The summed E-state index contributed by atoms with van der Waals surface area (Å²) in [5.74, 6) is -5.90. The van der Waals surface area contributed by atoms with Crippen LogP contribution in [0.3, 0.4) is 0 Å². The second-order valence-corrected chi connectivity index (χ2v) is 7.92. The average molecular weight is 515 g/mol. The summed E-state index contributed by atoms with van der Waals surface area (Å²) in [7, 11) is 0. The molecule has 1 atom stereocenters. The van der Waals surface area contributed by atoms with Gasteiger partial charge in [-0.25, -0.2) is 18.7 Å². The quantitative estimate of drug-likeness (QED) is 0.139. The van der Waals surface area contributed by atoms with Gasteiger partial charge < -0.3 is 21.7 Å². The first kappa shape index (κ1) is 27.3. The summed E-state index contributed by atoms with van der Waals surface area (Å²) in [6, 6.07) is 14.1. The van der Waals surface area contributed by atoms with Gasteiger partial charge in [-0.15, -0.1) is 0 Å². The Labute approximate surface area is 209 Å². The highest BCUT2D eigenvalue weighted by Crippen LogP contribution is 2.22. The molecule has 3 amide bonds. The van der Waals surface area contributed by atoms with Crippen LogP contribution >= 0.6 is 0 Å². The van der Waals surface area contributed by atoms with Crippen molar-refractivity contribution in [3.05, 3.63) is 89.2 Å². The van der Waals surface area contributed by atoms with Gasteiger partial charge in [0, 0.05) is 24.3 Å². The molecule has 3 aromatic rings. The van der Waals surface area contributed by atoms with Crippen LogP contribution in [0.5, 0.6) is 0 Å². The van der Waals surface area contributed by atoms with E-state index >= 15 is 0 Å². The molecule has 0 aliphatic heterocycles. The molecule has 0 saturated carbocycles. The maximum atomic E-state index is 13.3. The zero-order chi connectivity index (χ0) is 26.9. The number of carbonyl (C=O) groups is 3. The Morgan fingerprint density at radius 3 is 2.00 bits per heavy atom. The van der Waals surface area contributed by atoms with E-state index in [0.717, 1.165) is 23.3 Å². The molecule has 0 aliphatic rings. The Morgan fingerprint density at radius 1 is 0.892 bits per heavy atom. The third-order valence-corrected chi connectivity index (χ3v) is 5.28. The predicted octanol–water partition coefficient (Wildman–Crippen LogP) is 2.06. The first-order valence-corrected chi connectivity index (χ1v) is 11.0. The first-order chi connectivity index (χ1) is 17.7. The summed E-state index contributed by atoms with van der Waals surface area (Å²) < 4.78 is 39.5. The molecule has 7 N–H and O–H groups in total. The molecule has 12 heteroatoms. The van der Waals surface area contributed by atoms with E-state index in [9.17, 15) is 27.6 Å². The molecule has 37 heavy (non-hydrogen) atoms. The summed E-state index contributed by atoms with van der Waals surface area (Å²) in [5.41, 5.74) is 9.43. The summed E-state index contributed by atoms with van der Waals surface area (Å²) in [6.07, 6.45) is 0. The number of hydrogen-bond donors (Lipinski definition) is 6. The Kier molecular flexibility index (Phi) is 9.33. The van der Waals surface area contributed by atoms with Crippen molar-refractivity contribution >= 4 is 23.4 Å². The van der Waals surface area contributed by atoms with Gasteiger partial charge in [0.15, 0.2) is 17.5 Å². The molecule has 3 rings (SSSR count). The fourth-order valence-electron chi connectivity index (χ4n) is 3.35. The topological polar surface area (TPSA) is 146 Å². The Bertz CT molecular complexity index is 1250. The van der Waals surface area contributed by atoms with E-state index in [2.05, 4.69) is 16.0 Å². The van der Waals surface area contributed by atoms with E-state index in [0.29, 0.717) is 5.69 Å². The van der Waals surface area contributed by atoms with Gasteiger partial charge in [-0.3, -0.25) is 19.6 Å². The smallest absolute Gasteiger partial charge is 0.267 e. The van der Waals surface area contributed by atoms with Crippen molar-refractivity contribution in [2.24, 2.45) is 5.73 Å². The number of nitrogens with one attached hydrogen (secondary N) is 4. The molecule has 9 nitrogen and oxygen atoms in total. The molecule has 0 saturated heterocycles. The number of amides is 3. The van der Waals surface area contributed by atoms with Crippen LogP contribution in [-0.4, -0.2) is 42.1 Å². The predicted molar refractivity (Wildman–Crippen MR) is 129 cm³/mol. The minimum absolute atomic E-state index is 0.0317. The molecule has 0 aromatic heterocycles. The lowest BCUT2D eigenvalue weighted by molar-refractivity contribution is -0.130. The highest BCUT2D eigenvalue weighted by atomic mass is 19.2. The first-order valence-electron chi connectivity index (χ1n) is 11.0. The normalized spacial score (nSPS) is 11.5. The molecule has 3 aromatic carbocycles. The average Bonchev–Trinajstić information content (AvgIpc) is 2.90. The highest BCUT2D eigenvalue weighted by molar-refractivity contribution is 5.98. The van der Waals surface area contributed by atoms with Gasteiger partial charge in [-0.05, 0) is 53.1 Å². The largest absolute Gasteiger partial charge is 0.339 e. The zero-order valence-electron chi connectivity index (χ0n) is 19.4. The zero-order valence-corrected chi connectivity index (χ0v) is 19.4. The van der Waals surface area contributed by atoms with E-state index < -0.39 is 41.2 Å².